The van der Waals surface area contributed by atoms with Crippen LogP contribution in [0.25, 0.3) is 0 Å². The monoisotopic (exact) mass is 298 g/mol. The van der Waals surface area contributed by atoms with Crippen molar-refractivity contribution < 1.29 is 14.2 Å². The highest BCUT2D eigenvalue weighted by Crippen LogP contribution is 2.39. The molecule has 0 aliphatic carbocycles. The Labute approximate surface area is 123 Å². The molecule has 0 fully saturated rings. The molecule has 1 aromatic carbocycles. The zero-order valence-electron chi connectivity index (χ0n) is 11.6. The van der Waals surface area contributed by atoms with Crippen molar-refractivity contribution in [2.45, 2.75) is 18.9 Å². The Kier molecular flexibility index (Phi) is 5.11. The summed E-state index contributed by atoms with van der Waals surface area (Å²) in [4.78, 5) is 0. The molecule has 1 heterocycles. The van der Waals surface area contributed by atoms with E-state index in [1.54, 1.807) is 20.5 Å². The molecule has 0 radical (unpaired) electrons. The molecule has 0 spiro atoms. The number of hydrogen-bond acceptors (Lipinski definition) is 5. The Bertz CT molecular complexity index is 505. The lowest BCUT2D eigenvalue weighted by molar-refractivity contribution is 0.219. The summed E-state index contributed by atoms with van der Waals surface area (Å²) in [5.41, 5.74) is 4.80. The van der Waals surface area contributed by atoms with Crippen molar-refractivity contribution in [2.24, 2.45) is 5.84 Å². The van der Waals surface area contributed by atoms with Crippen molar-refractivity contribution >= 4 is 11.6 Å². The summed E-state index contributed by atoms with van der Waals surface area (Å²) >= 11 is 6.23. The summed E-state index contributed by atoms with van der Waals surface area (Å²) in [5.74, 6) is 6.78. The Hall–Kier alpha value is -1.43. The van der Waals surface area contributed by atoms with Gasteiger partial charge in [-0.2, -0.15) is 0 Å². The van der Waals surface area contributed by atoms with E-state index in [9.17, 15) is 0 Å². The standard InChI is InChI=1S/C14H19ClN2O3/c1-18-12-7-10(6-11(15)14(12)19-2)13(17-16)9-4-3-5-20-8-9/h6-8,13,17H,3-5,16H2,1-2H3. The Morgan fingerprint density at radius 1 is 1.35 bits per heavy atom. The fraction of sp³-hybridized carbons (Fsp3) is 0.429. The van der Waals surface area contributed by atoms with Gasteiger partial charge < -0.3 is 14.2 Å². The van der Waals surface area contributed by atoms with E-state index in [0.717, 1.165) is 30.6 Å². The summed E-state index contributed by atoms with van der Waals surface area (Å²) in [6.45, 7) is 0.744. The van der Waals surface area contributed by atoms with Crippen LogP contribution in [0.3, 0.4) is 0 Å². The van der Waals surface area contributed by atoms with Crippen molar-refractivity contribution in [3.05, 3.63) is 34.6 Å². The van der Waals surface area contributed by atoms with Gasteiger partial charge in [0.1, 0.15) is 0 Å². The van der Waals surface area contributed by atoms with Crippen molar-refractivity contribution in [1.82, 2.24) is 5.43 Å². The molecule has 20 heavy (non-hydrogen) atoms. The first kappa shape index (κ1) is 15.0. The van der Waals surface area contributed by atoms with E-state index in [1.165, 1.54) is 0 Å². The molecule has 0 amide bonds. The number of ether oxygens (including phenoxy) is 3. The normalized spacial score (nSPS) is 16.1. The fourth-order valence-electron chi connectivity index (χ4n) is 2.32. The number of methoxy groups -OCH3 is 2. The molecular formula is C14H19ClN2O3. The topological polar surface area (TPSA) is 65.7 Å². The smallest absolute Gasteiger partial charge is 0.179 e. The van der Waals surface area contributed by atoms with Crippen LogP contribution in [-0.2, 0) is 4.74 Å². The summed E-state index contributed by atoms with van der Waals surface area (Å²) in [6.07, 6.45) is 3.67. The highest BCUT2D eigenvalue weighted by Gasteiger charge is 2.21. The number of hydrazine groups is 1. The van der Waals surface area contributed by atoms with Crippen LogP contribution in [0, 0.1) is 0 Å². The van der Waals surface area contributed by atoms with Gasteiger partial charge in [0.2, 0.25) is 0 Å². The minimum absolute atomic E-state index is 0.160. The molecule has 1 aliphatic heterocycles. The first-order valence-electron chi connectivity index (χ1n) is 6.39. The van der Waals surface area contributed by atoms with E-state index in [2.05, 4.69) is 5.43 Å². The minimum atomic E-state index is -0.160. The summed E-state index contributed by atoms with van der Waals surface area (Å²) < 4.78 is 15.9. The quantitative estimate of drug-likeness (QED) is 0.646. The highest BCUT2D eigenvalue weighted by molar-refractivity contribution is 6.32. The lowest BCUT2D eigenvalue weighted by atomic mass is 9.95. The molecule has 1 atom stereocenters. The van der Waals surface area contributed by atoms with Gasteiger partial charge in [0.25, 0.3) is 0 Å². The van der Waals surface area contributed by atoms with Crippen LogP contribution in [0.1, 0.15) is 24.4 Å². The van der Waals surface area contributed by atoms with Gasteiger partial charge in [0.15, 0.2) is 11.5 Å². The molecule has 1 aromatic rings. The van der Waals surface area contributed by atoms with Crippen LogP contribution in [0.4, 0.5) is 0 Å². The molecule has 0 saturated heterocycles. The van der Waals surface area contributed by atoms with Crippen molar-refractivity contribution in [1.29, 1.82) is 0 Å². The molecule has 1 aliphatic rings. The predicted molar refractivity (Wildman–Crippen MR) is 77.9 cm³/mol. The van der Waals surface area contributed by atoms with E-state index in [1.807, 2.05) is 12.1 Å². The van der Waals surface area contributed by atoms with Crippen LogP contribution in [0.2, 0.25) is 5.02 Å². The average Bonchev–Trinajstić information content (AvgIpc) is 2.48. The van der Waals surface area contributed by atoms with Crippen LogP contribution in [0.5, 0.6) is 11.5 Å². The predicted octanol–water partition coefficient (Wildman–Crippen LogP) is 2.56. The van der Waals surface area contributed by atoms with Crippen molar-refractivity contribution in [3.8, 4) is 11.5 Å². The highest BCUT2D eigenvalue weighted by atomic mass is 35.5. The average molecular weight is 299 g/mol. The van der Waals surface area contributed by atoms with Gasteiger partial charge in [-0.3, -0.25) is 5.84 Å². The fourth-order valence-corrected chi connectivity index (χ4v) is 2.62. The summed E-state index contributed by atoms with van der Waals surface area (Å²) in [6, 6.07) is 3.53. The van der Waals surface area contributed by atoms with Crippen molar-refractivity contribution in [2.75, 3.05) is 20.8 Å². The first-order chi connectivity index (χ1) is 9.71. The zero-order valence-corrected chi connectivity index (χ0v) is 12.4. The molecule has 1 unspecified atom stereocenters. The maximum Gasteiger partial charge on any atom is 0.179 e. The molecule has 0 bridgehead atoms. The van der Waals surface area contributed by atoms with Gasteiger partial charge in [-0.05, 0) is 36.1 Å². The van der Waals surface area contributed by atoms with Gasteiger partial charge in [-0.25, -0.2) is 5.43 Å². The molecule has 2 rings (SSSR count). The second kappa shape index (κ2) is 6.83. The second-order valence-corrected chi connectivity index (χ2v) is 4.91. The molecule has 0 aromatic heterocycles. The number of halogens is 1. The molecule has 0 saturated carbocycles. The molecule has 5 nitrogen and oxygen atoms in total. The maximum absolute atomic E-state index is 6.23. The van der Waals surface area contributed by atoms with E-state index in [0.29, 0.717) is 16.5 Å². The second-order valence-electron chi connectivity index (χ2n) is 4.51. The van der Waals surface area contributed by atoms with E-state index < -0.39 is 0 Å². The number of rotatable bonds is 5. The van der Waals surface area contributed by atoms with Crippen LogP contribution in [0.15, 0.2) is 24.0 Å². The lowest BCUT2D eigenvalue weighted by Gasteiger charge is -2.24. The van der Waals surface area contributed by atoms with Gasteiger partial charge in [-0.1, -0.05) is 11.6 Å². The van der Waals surface area contributed by atoms with Crippen LogP contribution >= 0.6 is 11.6 Å². The third kappa shape index (κ3) is 3.00. The lowest BCUT2D eigenvalue weighted by Crippen LogP contribution is -2.30. The van der Waals surface area contributed by atoms with Gasteiger partial charge in [0, 0.05) is 0 Å². The molecule has 110 valence electrons. The van der Waals surface area contributed by atoms with Gasteiger partial charge in [-0.15, -0.1) is 0 Å². The number of benzene rings is 1. The van der Waals surface area contributed by atoms with E-state index >= 15 is 0 Å². The third-order valence-electron chi connectivity index (χ3n) is 3.29. The largest absolute Gasteiger partial charge is 0.501 e. The zero-order chi connectivity index (χ0) is 14.5. The Balaban J connectivity index is 2.39. The molecular weight excluding hydrogens is 280 g/mol. The van der Waals surface area contributed by atoms with E-state index in [-0.39, 0.29) is 6.04 Å². The van der Waals surface area contributed by atoms with Gasteiger partial charge >= 0.3 is 0 Å². The van der Waals surface area contributed by atoms with Crippen LogP contribution < -0.4 is 20.7 Å². The summed E-state index contributed by atoms with van der Waals surface area (Å²) in [7, 11) is 3.13. The Morgan fingerprint density at radius 2 is 2.15 bits per heavy atom. The summed E-state index contributed by atoms with van der Waals surface area (Å²) in [5, 5.41) is 0.486. The number of hydrogen-bond donors (Lipinski definition) is 2. The van der Waals surface area contributed by atoms with Gasteiger partial charge in [0.05, 0.1) is 38.2 Å². The van der Waals surface area contributed by atoms with E-state index in [4.69, 9.17) is 31.7 Å². The molecule has 6 heteroatoms. The Morgan fingerprint density at radius 3 is 2.70 bits per heavy atom. The molecule has 3 N–H and O–H groups in total. The SMILES string of the molecule is COc1cc(C(NN)C2=COCCC2)cc(Cl)c1OC. The minimum Gasteiger partial charge on any atom is -0.501 e. The number of nitrogens with two attached hydrogens (primary N) is 1. The number of nitrogens with one attached hydrogen (secondary N) is 1. The first-order valence-corrected chi connectivity index (χ1v) is 6.77. The van der Waals surface area contributed by atoms with Crippen LogP contribution in [-0.4, -0.2) is 20.8 Å². The third-order valence-corrected chi connectivity index (χ3v) is 3.57. The van der Waals surface area contributed by atoms with Crippen molar-refractivity contribution in [3.63, 3.8) is 0 Å². The maximum atomic E-state index is 6.23.